The van der Waals surface area contributed by atoms with E-state index < -0.39 is 0 Å². The highest BCUT2D eigenvalue weighted by Crippen LogP contribution is 2.19. The quantitative estimate of drug-likeness (QED) is 0.730. The summed E-state index contributed by atoms with van der Waals surface area (Å²) < 4.78 is 0. The molecule has 0 spiro atoms. The molecule has 0 aliphatic carbocycles. The molecule has 0 fully saturated rings. The highest BCUT2D eigenvalue weighted by molar-refractivity contribution is 5.72. The lowest BCUT2D eigenvalue weighted by Crippen LogP contribution is -2.14. The Labute approximate surface area is 94.3 Å². The molecule has 0 aliphatic heterocycles. The van der Waals surface area contributed by atoms with E-state index in [2.05, 4.69) is 28.8 Å². The Morgan fingerprint density at radius 3 is 2.75 bits per heavy atom. The fourth-order valence-electron chi connectivity index (χ4n) is 1.72. The molecule has 5 N–H and O–H groups in total. The molecule has 0 radical (unpaired) electrons. The molecule has 16 heavy (non-hydrogen) atoms. The number of hydrogen-bond donors (Lipinski definition) is 3. The highest BCUT2D eigenvalue weighted by Gasteiger charge is 2.13. The number of rotatable bonds is 3. The van der Waals surface area contributed by atoms with Crippen LogP contribution in [0.3, 0.4) is 0 Å². The summed E-state index contributed by atoms with van der Waals surface area (Å²) in [6, 6.07) is 3.55. The molecule has 0 aliphatic rings. The van der Waals surface area contributed by atoms with Crippen LogP contribution < -0.4 is 11.5 Å². The van der Waals surface area contributed by atoms with Gasteiger partial charge in [-0.1, -0.05) is 13.8 Å². The van der Waals surface area contributed by atoms with Crippen molar-refractivity contribution in [1.82, 2.24) is 15.0 Å². The van der Waals surface area contributed by atoms with Crippen molar-refractivity contribution in [3.8, 4) is 0 Å². The summed E-state index contributed by atoms with van der Waals surface area (Å²) in [5.74, 6) is 1.80. The minimum atomic E-state index is -0.0737. The number of nitrogens with zero attached hydrogens (tertiary/aromatic N) is 2. The SMILES string of the molecule is CC(C)CC(N)c1nc2nc(N)ccc2[nH]1. The number of hydrogen-bond acceptors (Lipinski definition) is 4. The Morgan fingerprint density at radius 1 is 1.31 bits per heavy atom. The lowest BCUT2D eigenvalue weighted by molar-refractivity contribution is 0.496. The smallest absolute Gasteiger partial charge is 0.179 e. The molecule has 0 aromatic carbocycles. The van der Waals surface area contributed by atoms with Crippen LogP contribution in [-0.2, 0) is 0 Å². The van der Waals surface area contributed by atoms with E-state index in [-0.39, 0.29) is 6.04 Å². The standard InChI is InChI=1S/C11H17N5/c1-6(2)5-7(12)10-14-8-3-4-9(13)15-11(8)16-10/h3-4,6-7H,5,12H2,1-2H3,(H3,13,14,15,16). The molecule has 0 bridgehead atoms. The number of nitrogens with one attached hydrogen (secondary N) is 1. The monoisotopic (exact) mass is 219 g/mol. The van der Waals surface area contributed by atoms with Gasteiger partial charge in [-0.25, -0.2) is 9.97 Å². The molecule has 86 valence electrons. The average molecular weight is 219 g/mol. The van der Waals surface area contributed by atoms with Crippen LogP contribution in [0, 0.1) is 5.92 Å². The van der Waals surface area contributed by atoms with Crippen LogP contribution in [-0.4, -0.2) is 15.0 Å². The highest BCUT2D eigenvalue weighted by atomic mass is 15.0. The lowest BCUT2D eigenvalue weighted by Gasteiger charge is -2.10. The first-order valence-electron chi connectivity index (χ1n) is 5.44. The predicted molar refractivity (Wildman–Crippen MR) is 64.7 cm³/mol. The van der Waals surface area contributed by atoms with Crippen molar-refractivity contribution >= 4 is 17.0 Å². The Balaban J connectivity index is 2.32. The number of nitrogens with two attached hydrogens (primary N) is 2. The number of H-pyrrole nitrogens is 1. The molecule has 2 aromatic rings. The van der Waals surface area contributed by atoms with Crippen LogP contribution in [0.5, 0.6) is 0 Å². The van der Waals surface area contributed by atoms with Gasteiger partial charge in [0.15, 0.2) is 5.65 Å². The normalized spacial score (nSPS) is 13.5. The molecule has 1 atom stereocenters. The van der Waals surface area contributed by atoms with Gasteiger partial charge in [-0.15, -0.1) is 0 Å². The van der Waals surface area contributed by atoms with Gasteiger partial charge in [0.25, 0.3) is 0 Å². The molecule has 2 aromatic heterocycles. The Bertz CT molecular complexity index is 488. The maximum absolute atomic E-state index is 6.05. The molecular weight excluding hydrogens is 202 g/mol. The minimum Gasteiger partial charge on any atom is -0.384 e. The third-order valence-corrected chi connectivity index (χ3v) is 2.46. The maximum Gasteiger partial charge on any atom is 0.179 e. The van der Waals surface area contributed by atoms with Gasteiger partial charge >= 0.3 is 0 Å². The molecule has 0 saturated carbocycles. The summed E-state index contributed by atoms with van der Waals surface area (Å²) in [4.78, 5) is 11.7. The molecule has 1 unspecified atom stereocenters. The summed E-state index contributed by atoms with van der Waals surface area (Å²) >= 11 is 0. The topological polar surface area (TPSA) is 93.6 Å². The Morgan fingerprint density at radius 2 is 2.06 bits per heavy atom. The van der Waals surface area contributed by atoms with E-state index >= 15 is 0 Å². The molecule has 2 rings (SSSR count). The van der Waals surface area contributed by atoms with Gasteiger partial charge in [0.2, 0.25) is 0 Å². The van der Waals surface area contributed by atoms with Crippen LogP contribution >= 0.6 is 0 Å². The second kappa shape index (κ2) is 4.09. The largest absolute Gasteiger partial charge is 0.384 e. The van der Waals surface area contributed by atoms with Gasteiger partial charge in [0.1, 0.15) is 11.6 Å². The average Bonchev–Trinajstić information content (AvgIpc) is 2.59. The first-order chi connectivity index (χ1) is 7.56. The molecule has 5 heteroatoms. The summed E-state index contributed by atoms with van der Waals surface area (Å²) in [6.45, 7) is 4.28. The zero-order chi connectivity index (χ0) is 11.7. The Kier molecular flexibility index (Phi) is 2.78. The van der Waals surface area contributed by atoms with Crippen LogP contribution in [0.25, 0.3) is 11.2 Å². The Hall–Kier alpha value is -1.62. The predicted octanol–water partition coefficient (Wildman–Crippen LogP) is 1.59. The molecule has 2 heterocycles. The van der Waals surface area contributed by atoms with E-state index in [0.29, 0.717) is 17.4 Å². The zero-order valence-electron chi connectivity index (χ0n) is 9.57. The number of aromatic amines is 1. The van der Waals surface area contributed by atoms with Gasteiger partial charge in [-0.05, 0) is 24.5 Å². The number of fused-ring (bicyclic) bond motifs is 1. The fourth-order valence-corrected chi connectivity index (χ4v) is 1.72. The summed E-state index contributed by atoms with van der Waals surface area (Å²) in [5, 5.41) is 0. The van der Waals surface area contributed by atoms with E-state index in [9.17, 15) is 0 Å². The molecule has 5 nitrogen and oxygen atoms in total. The summed E-state index contributed by atoms with van der Waals surface area (Å²) in [6.07, 6.45) is 0.898. The summed E-state index contributed by atoms with van der Waals surface area (Å²) in [7, 11) is 0. The zero-order valence-corrected chi connectivity index (χ0v) is 9.57. The van der Waals surface area contributed by atoms with Crippen molar-refractivity contribution in [2.75, 3.05) is 5.73 Å². The van der Waals surface area contributed by atoms with E-state index in [1.807, 2.05) is 6.07 Å². The van der Waals surface area contributed by atoms with Crippen molar-refractivity contribution in [3.05, 3.63) is 18.0 Å². The van der Waals surface area contributed by atoms with Gasteiger partial charge in [0, 0.05) is 0 Å². The second-order valence-electron chi connectivity index (χ2n) is 4.47. The third kappa shape index (κ3) is 2.14. The number of imidazole rings is 1. The first kappa shape index (κ1) is 10.9. The number of aromatic nitrogens is 3. The van der Waals surface area contributed by atoms with Crippen LogP contribution in [0.2, 0.25) is 0 Å². The van der Waals surface area contributed by atoms with Crippen molar-refractivity contribution in [2.45, 2.75) is 26.3 Å². The van der Waals surface area contributed by atoms with E-state index in [1.165, 1.54) is 0 Å². The fraction of sp³-hybridized carbons (Fsp3) is 0.455. The second-order valence-corrected chi connectivity index (χ2v) is 4.47. The van der Waals surface area contributed by atoms with Gasteiger partial charge in [-0.3, -0.25) is 0 Å². The van der Waals surface area contributed by atoms with Gasteiger partial charge in [0.05, 0.1) is 11.6 Å². The number of pyridine rings is 1. The van der Waals surface area contributed by atoms with E-state index in [4.69, 9.17) is 11.5 Å². The van der Waals surface area contributed by atoms with E-state index in [1.54, 1.807) is 6.07 Å². The number of nitrogen functional groups attached to an aromatic ring is 1. The van der Waals surface area contributed by atoms with E-state index in [0.717, 1.165) is 17.8 Å². The van der Waals surface area contributed by atoms with Crippen LogP contribution in [0.1, 0.15) is 32.1 Å². The van der Waals surface area contributed by atoms with Gasteiger partial charge < -0.3 is 16.5 Å². The maximum atomic E-state index is 6.05. The summed E-state index contributed by atoms with van der Waals surface area (Å²) in [5.41, 5.74) is 13.2. The van der Waals surface area contributed by atoms with Crippen molar-refractivity contribution in [2.24, 2.45) is 11.7 Å². The van der Waals surface area contributed by atoms with Crippen molar-refractivity contribution < 1.29 is 0 Å². The molecule has 0 saturated heterocycles. The number of anilines is 1. The van der Waals surface area contributed by atoms with Gasteiger partial charge in [-0.2, -0.15) is 0 Å². The minimum absolute atomic E-state index is 0.0737. The third-order valence-electron chi connectivity index (χ3n) is 2.46. The van der Waals surface area contributed by atoms with Crippen LogP contribution in [0.15, 0.2) is 12.1 Å². The van der Waals surface area contributed by atoms with Crippen molar-refractivity contribution in [3.63, 3.8) is 0 Å². The molecular formula is C11H17N5. The van der Waals surface area contributed by atoms with Crippen molar-refractivity contribution in [1.29, 1.82) is 0 Å². The lowest BCUT2D eigenvalue weighted by atomic mass is 10.0. The first-order valence-corrected chi connectivity index (χ1v) is 5.44. The molecule has 0 amide bonds. The van der Waals surface area contributed by atoms with Crippen LogP contribution in [0.4, 0.5) is 5.82 Å².